The Balaban J connectivity index is 2.35. The smallest absolute Gasteiger partial charge is 0.303 e. The lowest BCUT2D eigenvalue weighted by atomic mass is 9.92. The maximum absolute atomic E-state index is 11.5. The predicted molar refractivity (Wildman–Crippen MR) is 63.8 cm³/mol. The normalized spacial score (nSPS) is 20.2. The topological polar surface area (TPSA) is 63.6 Å². The lowest BCUT2D eigenvalue weighted by Crippen LogP contribution is -2.21. The number of carboxylic acid groups (broad SMARTS) is 1. The summed E-state index contributed by atoms with van der Waals surface area (Å²) in [6, 6.07) is 0. The van der Waals surface area contributed by atoms with E-state index >= 15 is 0 Å². The fourth-order valence-corrected chi connectivity index (χ4v) is 2.05. The summed E-state index contributed by atoms with van der Waals surface area (Å²) in [7, 11) is 0. The first kappa shape index (κ1) is 13.9. The van der Waals surface area contributed by atoms with Gasteiger partial charge in [-0.1, -0.05) is 11.6 Å². The van der Waals surface area contributed by atoms with Crippen LogP contribution in [0.15, 0.2) is 11.6 Å². The minimum Gasteiger partial charge on any atom is -0.481 e. The van der Waals surface area contributed by atoms with E-state index in [1.807, 2.05) is 13.0 Å². The van der Waals surface area contributed by atoms with Gasteiger partial charge in [-0.05, 0) is 26.2 Å². The average Bonchev–Trinajstić information content (AvgIpc) is 2.24. The number of hydrogen-bond donors (Lipinski definition) is 1. The average molecular weight is 240 g/mol. The van der Waals surface area contributed by atoms with Crippen molar-refractivity contribution in [1.82, 2.24) is 0 Å². The number of allylic oxidation sites excluding steroid dienone is 1. The van der Waals surface area contributed by atoms with E-state index in [4.69, 9.17) is 9.84 Å². The molecule has 0 aliphatic heterocycles. The maximum atomic E-state index is 11.5. The van der Waals surface area contributed by atoms with E-state index in [1.165, 1.54) is 0 Å². The van der Waals surface area contributed by atoms with Crippen molar-refractivity contribution < 1.29 is 19.4 Å². The number of ether oxygens (including phenoxy) is 1. The summed E-state index contributed by atoms with van der Waals surface area (Å²) < 4.78 is 5.44. The van der Waals surface area contributed by atoms with Gasteiger partial charge in [-0.15, -0.1) is 0 Å². The minimum absolute atomic E-state index is 0.0734. The van der Waals surface area contributed by atoms with Crippen LogP contribution in [-0.2, 0) is 14.3 Å². The Morgan fingerprint density at radius 2 is 2.29 bits per heavy atom. The van der Waals surface area contributed by atoms with Crippen molar-refractivity contribution in [2.45, 2.75) is 51.6 Å². The standard InChI is InChI=1S/C13H20O4/c1-2-17-12-8-10(7-11(14)9-12)5-3-4-6-13(15)16/h8,12H,2-7,9H2,1H3,(H,15,16). The fraction of sp³-hybridized carbons (Fsp3) is 0.692. The number of rotatable bonds is 7. The Bertz CT molecular complexity index is 307. The maximum Gasteiger partial charge on any atom is 0.303 e. The highest BCUT2D eigenvalue weighted by Gasteiger charge is 2.19. The van der Waals surface area contributed by atoms with Crippen LogP contribution in [0.25, 0.3) is 0 Å². The molecule has 17 heavy (non-hydrogen) atoms. The molecule has 1 rings (SSSR count). The first-order chi connectivity index (χ1) is 8.11. The first-order valence-corrected chi connectivity index (χ1v) is 6.16. The van der Waals surface area contributed by atoms with Crippen molar-refractivity contribution >= 4 is 11.8 Å². The second-order valence-electron chi connectivity index (χ2n) is 4.34. The number of Topliss-reactive ketones (excluding diaryl/α,β-unsaturated/α-hetero) is 1. The van der Waals surface area contributed by atoms with Gasteiger partial charge >= 0.3 is 5.97 Å². The molecule has 1 aliphatic carbocycles. The number of aliphatic carboxylic acids is 1. The van der Waals surface area contributed by atoms with Crippen LogP contribution in [-0.4, -0.2) is 29.6 Å². The van der Waals surface area contributed by atoms with Crippen LogP contribution in [0.2, 0.25) is 0 Å². The molecular weight excluding hydrogens is 220 g/mol. The highest BCUT2D eigenvalue weighted by molar-refractivity contribution is 5.82. The molecule has 0 aromatic carbocycles. The van der Waals surface area contributed by atoms with Crippen molar-refractivity contribution in [3.05, 3.63) is 11.6 Å². The van der Waals surface area contributed by atoms with Crippen LogP contribution in [0.4, 0.5) is 0 Å². The quantitative estimate of drug-likeness (QED) is 0.548. The SMILES string of the molecule is CCOC1C=C(CCCCC(=O)O)CC(=O)C1. The van der Waals surface area contributed by atoms with Gasteiger partial charge in [-0.3, -0.25) is 9.59 Å². The van der Waals surface area contributed by atoms with Gasteiger partial charge in [0.15, 0.2) is 0 Å². The van der Waals surface area contributed by atoms with Gasteiger partial charge in [0, 0.05) is 25.9 Å². The van der Waals surface area contributed by atoms with Crippen molar-refractivity contribution in [3.63, 3.8) is 0 Å². The minimum atomic E-state index is -0.758. The summed E-state index contributed by atoms with van der Waals surface area (Å²) in [5.74, 6) is -0.537. The van der Waals surface area contributed by atoms with E-state index in [0.29, 0.717) is 25.9 Å². The molecule has 4 heteroatoms. The number of carboxylic acids is 1. The van der Waals surface area contributed by atoms with E-state index in [1.54, 1.807) is 0 Å². The van der Waals surface area contributed by atoms with Gasteiger partial charge in [0.25, 0.3) is 0 Å². The molecule has 0 aromatic rings. The number of carbonyl (C=O) groups is 2. The number of hydrogen-bond acceptors (Lipinski definition) is 3. The molecule has 1 N–H and O–H groups in total. The third-order valence-corrected chi connectivity index (χ3v) is 2.79. The highest BCUT2D eigenvalue weighted by Crippen LogP contribution is 2.22. The molecule has 1 aliphatic rings. The predicted octanol–water partition coefficient (Wildman–Crippen LogP) is 2.33. The van der Waals surface area contributed by atoms with Crippen LogP contribution < -0.4 is 0 Å². The Morgan fingerprint density at radius 1 is 1.53 bits per heavy atom. The largest absolute Gasteiger partial charge is 0.481 e. The van der Waals surface area contributed by atoms with Crippen molar-refractivity contribution in [1.29, 1.82) is 0 Å². The zero-order valence-corrected chi connectivity index (χ0v) is 10.3. The molecule has 0 bridgehead atoms. The van der Waals surface area contributed by atoms with Crippen LogP contribution in [0.1, 0.15) is 45.4 Å². The lowest BCUT2D eigenvalue weighted by Gasteiger charge is -2.20. The van der Waals surface area contributed by atoms with Gasteiger partial charge < -0.3 is 9.84 Å². The Kier molecular flexibility index (Phi) is 5.91. The second kappa shape index (κ2) is 7.22. The molecule has 0 aromatic heterocycles. The first-order valence-electron chi connectivity index (χ1n) is 6.16. The molecule has 96 valence electrons. The van der Waals surface area contributed by atoms with Gasteiger partial charge in [-0.2, -0.15) is 0 Å². The van der Waals surface area contributed by atoms with Crippen LogP contribution >= 0.6 is 0 Å². The van der Waals surface area contributed by atoms with Crippen molar-refractivity contribution in [3.8, 4) is 0 Å². The van der Waals surface area contributed by atoms with E-state index < -0.39 is 5.97 Å². The second-order valence-corrected chi connectivity index (χ2v) is 4.34. The third-order valence-electron chi connectivity index (χ3n) is 2.79. The number of ketones is 1. The van der Waals surface area contributed by atoms with Crippen molar-refractivity contribution in [2.24, 2.45) is 0 Å². The van der Waals surface area contributed by atoms with Crippen LogP contribution in [0.3, 0.4) is 0 Å². The summed E-state index contributed by atoms with van der Waals surface area (Å²) in [6.07, 6.45) is 5.45. The Morgan fingerprint density at radius 3 is 2.94 bits per heavy atom. The third kappa shape index (κ3) is 5.63. The van der Waals surface area contributed by atoms with E-state index in [0.717, 1.165) is 18.4 Å². The zero-order chi connectivity index (χ0) is 12.7. The Labute approximate surface area is 102 Å². The van der Waals surface area contributed by atoms with E-state index in [9.17, 15) is 9.59 Å². The highest BCUT2D eigenvalue weighted by atomic mass is 16.5. The van der Waals surface area contributed by atoms with Crippen molar-refractivity contribution in [2.75, 3.05) is 6.61 Å². The molecule has 0 heterocycles. The summed E-state index contributed by atoms with van der Waals surface area (Å²) in [5, 5.41) is 8.52. The van der Waals surface area contributed by atoms with Gasteiger partial charge in [0.2, 0.25) is 0 Å². The van der Waals surface area contributed by atoms with E-state index in [2.05, 4.69) is 0 Å². The number of carbonyl (C=O) groups excluding carboxylic acids is 1. The molecule has 0 saturated heterocycles. The van der Waals surface area contributed by atoms with Gasteiger partial charge in [0.1, 0.15) is 5.78 Å². The monoisotopic (exact) mass is 240 g/mol. The molecule has 1 atom stereocenters. The molecule has 4 nitrogen and oxygen atoms in total. The zero-order valence-electron chi connectivity index (χ0n) is 10.3. The summed E-state index contributed by atoms with van der Waals surface area (Å²) in [6.45, 7) is 2.53. The molecular formula is C13H20O4. The lowest BCUT2D eigenvalue weighted by molar-refractivity contribution is -0.137. The van der Waals surface area contributed by atoms with Crippen LogP contribution in [0.5, 0.6) is 0 Å². The fourth-order valence-electron chi connectivity index (χ4n) is 2.05. The summed E-state index contributed by atoms with van der Waals surface area (Å²) in [5.41, 5.74) is 1.10. The van der Waals surface area contributed by atoms with Crippen LogP contribution in [0, 0.1) is 0 Å². The molecule has 0 saturated carbocycles. The molecule has 0 radical (unpaired) electrons. The molecule has 0 amide bonds. The summed E-state index contributed by atoms with van der Waals surface area (Å²) in [4.78, 5) is 21.8. The molecule has 0 spiro atoms. The summed E-state index contributed by atoms with van der Waals surface area (Å²) >= 11 is 0. The van der Waals surface area contributed by atoms with E-state index in [-0.39, 0.29) is 18.3 Å². The number of unbranched alkanes of at least 4 members (excludes halogenated alkanes) is 1. The Hall–Kier alpha value is -1.16. The van der Waals surface area contributed by atoms with Gasteiger partial charge in [-0.25, -0.2) is 0 Å². The molecule has 0 fully saturated rings. The molecule has 1 unspecified atom stereocenters. The van der Waals surface area contributed by atoms with Gasteiger partial charge in [0.05, 0.1) is 6.10 Å².